The van der Waals surface area contributed by atoms with Crippen LogP contribution in [0, 0.1) is 0 Å². The van der Waals surface area contributed by atoms with E-state index in [2.05, 4.69) is 15.2 Å². The number of nitrogens with zero attached hydrogens (tertiary/aromatic N) is 3. The van der Waals surface area contributed by atoms with Gasteiger partial charge < -0.3 is 5.32 Å². The van der Waals surface area contributed by atoms with Gasteiger partial charge in [-0.2, -0.15) is 0 Å². The van der Waals surface area contributed by atoms with Crippen molar-refractivity contribution in [3.05, 3.63) is 46.5 Å². The van der Waals surface area contributed by atoms with Crippen molar-refractivity contribution in [2.45, 2.75) is 25.4 Å². The first-order valence-electron chi connectivity index (χ1n) is 7.07. The highest BCUT2D eigenvalue weighted by molar-refractivity contribution is 5.78. The SMILES string of the molecule is CN(Cc1cc(=O)n2ccccc2n1)CC1CCC(=O)N1. The Morgan fingerprint density at radius 3 is 3.05 bits per heavy atom. The lowest BCUT2D eigenvalue weighted by Gasteiger charge is -2.20. The highest BCUT2D eigenvalue weighted by Gasteiger charge is 2.21. The van der Waals surface area contributed by atoms with Crippen LogP contribution < -0.4 is 10.9 Å². The van der Waals surface area contributed by atoms with Gasteiger partial charge in [-0.25, -0.2) is 4.98 Å². The zero-order valence-electron chi connectivity index (χ0n) is 12.0. The van der Waals surface area contributed by atoms with Crippen LogP contribution in [0.2, 0.25) is 0 Å². The molecule has 1 unspecified atom stereocenters. The number of likely N-dealkylation sites (N-methyl/N-ethyl adjacent to an activating group) is 1. The molecule has 0 spiro atoms. The molecule has 1 fully saturated rings. The van der Waals surface area contributed by atoms with Crippen LogP contribution >= 0.6 is 0 Å². The molecule has 0 aliphatic carbocycles. The van der Waals surface area contributed by atoms with Crippen molar-refractivity contribution in [1.29, 1.82) is 0 Å². The largest absolute Gasteiger partial charge is 0.352 e. The standard InChI is InChI=1S/C15H18N4O2/c1-18(9-11-5-6-14(20)17-11)10-12-8-15(21)19-7-3-2-4-13(19)16-12/h2-4,7-8,11H,5-6,9-10H2,1H3,(H,17,20). The average molecular weight is 286 g/mol. The Kier molecular flexibility index (Phi) is 3.70. The molecule has 0 radical (unpaired) electrons. The maximum absolute atomic E-state index is 12.0. The molecular weight excluding hydrogens is 268 g/mol. The minimum Gasteiger partial charge on any atom is -0.352 e. The summed E-state index contributed by atoms with van der Waals surface area (Å²) in [6, 6.07) is 7.26. The monoisotopic (exact) mass is 286 g/mol. The second-order valence-electron chi connectivity index (χ2n) is 5.51. The zero-order valence-corrected chi connectivity index (χ0v) is 12.0. The third-order valence-electron chi connectivity index (χ3n) is 3.67. The maximum Gasteiger partial charge on any atom is 0.258 e. The summed E-state index contributed by atoms with van der Waals surface area (Å²) >= 11 is 0. The molecule has 1 aliphatic rings. The molecule has 6 heteroatoms. The Hall–Kier alpha value is -2.21. The van der Waals surface area contributed by atoms with Crippen LogP contribution in [0.15, 0.2) is 35.3 Å². The number of carbonyl (C=O) groups excluding carboxylic acids is 1. The molecule has 110 valence electrons. The van der Waals surface area contributed by atoms with Gasteiger partial charge in [-0.3, -0.25) is 18.9 Å². The summed E-state index contributed by atoms with van der Waals surface area (Å²) in [6.07, 6.45) is 3.19. The molecule has 1 N–H and O–H groups in total. The Morgan fingerprint density at radius 2 is 2.29 bits per heavy atom. The van der Waals surface area contributed by atoms with Crippen molar-refractivity contribution in [3.8, 4) is 0 Å². The molecule has 3 rings (SSSR count). The van der Waals surface area contributed by atoms with Gasteiger partial charge in [-0.05, 0) is 25.6 Å². The lowest BCUT2D eigenvalue weighted by Crippen LogP contribution is -2.36. The molecule has 0 bridgehead atoms. The van der Waals surface area contributed by atoms with Crippen molar-refractivity contribution < 1.29 is 4.79 Å². The molecule has 6 nitrogen and oxygen atoms in total. The number of fused-ring (bicyclic) bond motifs is 1. The van der Waals surface area contributed by atoms with Crippen molar-refractivity contribution in [3.63, 3.8) is 0 Å². The number of carbonyl (C=O) groups is 1. The molecule has 21 heavy (non-hydrogen) atoms. The Labute approximate surface area is 122 Å². The van der Waals surface area contributed by atoms with Crippen LogP contribution in [0.4, 0.5) is 0 Å². The fourth-order valence-corrected chi connectivity index (χ4v) is 2.72. The van der Waals surface area contributed by atoms with E-state index in [0.29, 0.717) is 18.6 Å². The van der Waals surface area contributed by atoms with Crippen LogP contribution in [0.5, 0.6) is 0 Å². The summed E-state index contributed by atoms with van der Waals surface area (Å²) < 4.78 is 1.53. The average Bonchev–Trinajstić information content (AvgIpc) is 2.84. The van der Waals surface area contributed by atoms with E-state index in [-0.39, 0.29) is 17.5 Å². The lowest BCUT2D eigenvalue weighted by molar-refractivity contribution is -0.119. The minimum atomic E-state index is -0.0711. The van der Waals surface area contributed by atoms with Crippen LogP contribution in [0.25, 0.3) is 5.65 Å². The van der Waals surface area contributed by atoms with E-state index >= 15 is 0 Å². The molecule has 1 amide bonds. The summed E-state index contributed by atoms with van der Waals surface area (Å²) in [4.78, 5) is 29.8. The fourth-order valence-electron chi connectivity index (χ4n) is 2.72. The quantitative estimate of drug-likeness (QED) is 0.884. The van der Waals surface area contributed by atoms with Gasteiger partial charge in [-0.1, -0.05) is 6.07 Å². The van der Waals surface area contributed by atoms with Gasteiger partial charge in [0, 0.05) is 37.8 Å². The van der Waals surface area contributed by atoms with E-state index in [4.69, 9.17) is 0 Å². The van der Waals surface area contributed by atoms with Gasteiger partial charge in [-0.15, -0.1) is 0 Å². The van der Waals surface area contributed by atoms with Crippen molar-refractivity contribution in [1.82, 2.24) is 19.6 Å². The summed E-state index contributed by atoms with van der Waals surface area (Å²) in [6.45, 7) is 1.36. The van der Waals surface area contributed by atoms with Gasteiger partial charge in [0.15, 0.2) is 0 Å². The number of aromatic nitrogens is 2. The predicted molar refractivity (Wildman–Crippen MR) is 79.0 cm³/mol. The second kappa shape index (κ2) is 5.65. The van der Waals surface area contributed by atoms with Crippen LogP contribution in [-0.2, 0) is 11.3 Å². The zero-order chi connectivity index (χ0) is 14.8. The highest BCUT2D eigenvalue weighted by Crippen LogP contribution is 2.09. The van der Waals surface area contributed by atoms with Gasteiger partial charge in [0.25, 0.3) is 5.56 Å². The van der Waals surface area contributed by atoms with Crippen LogP contribution in [0.3, 0.4) is 0 Å². The number of nitrogens with one attached hydrogen (secondary N) is 1. The topological polar surface area (TPSA) is 66.7 Å². The lowest BCUT2D eigenvalue weighted by atomic mass is 10.2. The molecule has 1 saturated heterocycles. The van der Waals surface area contributed by atoms with Crippen molar-refractivity contribution in [2.75, 3.05) is 13.6 Å². The molecule has 3 heterocycles. The first kappa shape index (κ1) is 13.8. The molecule has 1 atom stereocenters. The molecule has 2 aromatic heterocycles. The minimum absolute atomic E-state index is 0.0711. The van der Waals surface area contributed by atoms with Crippen molar-refractivity contribution in [2.24, 2.45) is 0 Å². The third kappa shape index (κ3) is 3.11. The van der Waals surface area contributed by atoms with Gasteiger partial charge >= 0.3 is 0 Å². The van der Waals surface area contributed by atoms with E-state index in [0.717, 1.165) is 18.7 Å². The molecule has 1 aliphatic heterocycles. The second-order valence-corrected chi connectivity index (χ2v) is 5.51. The molecule has 2 aromatic rings. The van der Waals surface area contributed by atoms with Gasteiger partial charge in [0.2, 0.25) is 5.91 Å². The number of pyridine rings is 1. The highest BCUT2D eigenvalue weighted by atomic mass is 16.2. The summed E-state index contributed by atoms with van der Waals surface area (Å²) in [5, 5.41) is 2.94. The molecule has 0 saturated carbocycles. The van der Waals surface area contributed by atoms with Gasteiger partial charge in [0.1, 0.15) is 5.65 Å². The maximum atomic E-state index is 12.0. The van der Waals surface area contributed by atoms with E-state index in [1.54, 1.807) is 12.3 Å². The van der Waals surface area contributed by atoms with E-state index in [9.17, 15) is 9.59 Å². The first-order chi connectivity index (χ1) is 10.1. The summed E-state index contributed by atoms with van der Waals surface area (Å²) in [5.74, 6) is 0.121. The number of hydrogen-bond acceptors (Lipinski definition) is 4. The van der Waals surface area contributed by atoms with Crippen LogP contribution in [-0.4, -0.2) is 39.8 Å². The predicted octanol–water partition coefficient (Wildman–Crippen LogP) is 0.405. The van der Waals surface area contributed by atoms with Crippen molar-refractivity contribution >= 4 is 11.6 Å². The number of amides is 1. The van der Waals surface area contributed by atoms with E-state index < -0.39 is 0 Å². The van der Waals surface area contributed by atoms with Gasteiger partial charge in [0.05, 0.1) is 5.69 Å². The first-order valence-corrected chi connectivity index (χ1v) is 7.07. The molecular formula is C15H18N4O2. The van der Waals surface area contributed by atoms with E-state index in [1.165, 1.54) is 4.40 Å². The Balaban J connectivity index is 1.72. The normalized spacial score (nSPS) is 18.4. The van der Waals surface area contributed by atoms with E-state index in [1.807, 2.05) is 25.2 Å². The Bertz CT molecular complexity index is 725. The summed E-state index contributed by atoms with van der Waals surface area (Å²) in [5.41, 5.74) is 1.33. The Morgan fingerprint density at radius 1 is 1.43 bits per heavy atom. The number of rotatable bonds is 4. The smallest absolute Gasteiger partial charge is 0.258 e. The molecule has 0 aromatic carbocycles. The van der Waals surface area contributed by atoms with Crippen LogP contribution in [0.1, 0.15) is 18.5 Å². The third-order valence-corrected chi connectivity index (χ3v) is 3.67. The number of hydrogen-bond donors (Lipinski definition) is 1. The fraction of sp³-hybridized carbons (Fsp3) is 0.400. The summed E-state index contributed by atoms with van der Waals surface area (Å²) in [7, 11) is 1.97.